The molecule has 44 valence electrons. The van der Waals surface area contributed by atoms with E-state index in [9.17, 15) is 0 Å². The van der Waals surface area contributed by atoms with Crippen molar-refractivity contribution in [3.63, 3.8) is 0 Å². The van der Waals surface area contributed by atoms with E-state index in [1.807, 2.05) is 0 Å². The average Bonchev–Trinajstić information content (AvgIpc) is 1.67. The highest BCUT2D eigenvalue weighted by atomic mass is 15.3. The number of hydrazine groups is 1. The molecular formula is C5H9N3. The third-order valence-corrected chi connectivity index (χ3v) is 1.70. The highest BCUT2D eigenvalue weighted by Gasteiger charge is 2.35. The van der Waals surface area contributed by atoms with Crippen LogP contribution in [0.4, 0.5) is 0 Å². The lowest BCUT2D eigenvalue weighted by Crippen LogP contribution is -2.53. The van der Waals surface area contributed by atoms with Crippen LogP contribution in [0.15, 0.2) is 0 Å². The maximum absolute atomic E-state index is 8.44. The van der Waals surface area contributed by atoms with Crippen molar-refractivity contribution in [2.24, 2.45) is 5.84 Å². The molecule has 0 atom stereocenters. The Kier molecular flexibility index (Phi) is 1.20. The van der Waals surface area contributed by atoms with Gasteiger partial charge in [-0.15, -0.1) is 0 Å². The third kappa shape index (κ3) is 0.585. The molecule has 1 fully saturated rings. The molecule has 0 spiro atoms. The number of nitrogens with zero attached hydrogens (tertiary/aromatic N) is 1. The first-order valence-corrected chi connectivity index (χ1v) is 2.72. The number of nitriles is 1. The summed E-state index contributed by atoms with van der Waals surface area (Å²) in [6.07, 6.45) is 2.93. The lowest BCUT2D eigenvalue weighted by molar-refractivity contribution is 0.258. The van der Waals surface area contributed by atoms with Gasteiger partial charge in [-0.25, -0.2) is 5.43 Å². The Labute approximate surface area is 48.4 Å². The van der Waals surface area contributed by atoms with Crippen LogP contribution in [0.5, 0.6) is 0 Å². The quantitative estimate of drug-likeness (QED) is 0.367. The van der Waals surface area contributed by atoms with Gasteiger partial charge in [0.2, 0.25) is 0 Å². The summed E-state index contributed by atoms with van der Waals surface area (Å²) in [6, 6.07) is 2.13. The van der Waals surface area contributed by atoms with Gasteiger partial charge in [0.15, 0.2) is 0 Å². The highest BCUT2D eigenvalue weighted by Crippen LogP contribution is 2.29. The van der Waals surface area contributed by atoms with Crippen molar-refractivity contribution in [3.8, 4) is 6.07 Å². The molecule has 0 aromatic carbocycles. The summed E-state index contributed by atoms with van der Waals surface area (Å²) in [5, 5.41) is 8.44. The largest absolute Gasteiger partial charge is 0.270 e. The van der Waals surface area contributed by atoms with Crippen LogP contribution in [0.3, 0.4) is 0 Å². The minimum absolute atomic E-state index is 0.361. The van der Waals surface area contributed by atoms with Gasteiger partial charge >= 0.3 is 0 Å². The molecule has 0 aromatic heterocycles. The molecule has 0 heterocycles. The Morgan fingerprint density at radius 3 is 2.25 bits per heavy atom. The van der Waals surface area contributed by atoms with Gasteiger partial charge in [0.05, 0.1) is 6.07 Å². The summed E-state index contributed by atoms with van der Waals surface area (Å²) in [5.74, 6) is 5.11. The molecule has 3 heteroatoms. The summed E-state index contributed by atoms with van der Waals surface area (Å²) in [4.78, 5) is 0. The van der Waals surface area contributed by atoms with Crippen LogP contribution in [0, 0.1) is 11.3 Å². The van der Waals surface area contributed by atoms with Gasteiger partial charge in [-0.2, -0.15) is 5.26 Å². The zero-order valence-electron chi connectivity index (χ0n) is 4.65. The van der Waals surface area contributed by atoms with Crippen LogP contribution < -0.4 is 11.3 Å². The van der Waals surface area contributed by atoms with Gasteiger partial charge in [0.25, 0.3) is 0 Å². The molecule has 0 saturated heterocycles. The molecule has 0 radical (unpaired) electrons. The average molecular weight is 111 g/mol. The third-order valence-electron chi connectivity index (χ3n) is 1.70. The topological polar surface area (TPSA) is 61.8 Å². The Morgan fingerprint density at radius 1 is 1.62 bits per heavy atom. The van der Waals surface area contributed by atoms with E-state index >= 15 is 0 Å². The standard InChI is InChI=1S/C5H9N3/c6-4-5(8-7)2-1-3-5/h8H,1-3,7H2. The Balaban J connectivity index is 2.49. The number of hydrogen-bond donors (Lipinski definition) is 2. The second-order valence-corrected chi connectivity index (χ2v) is 2.19. The highest BCUT2D eigenvalue weighted by molar-refractivity contribution is 5.11. The maximum Gasteiger partial charge on any atom is 0.118 e. The first kappa shape index (κ1) is 5.54. The summed E-state index contributed by atoms with van der Waals surface area (Å²) < 4.78 is 0. The maximum atomic E-state index is 8.44. The van der Waals surface area contributed by atoms with Crippen LogP contribution in [0.2, 0.25) is 0 Å². The molecule has 1 rings (SSSR count). The first-order chi connectivity index (χ1) is 3.83. The minimum Gasteiger partial charge on any atom is -0.270 e. The molecule has 0 bridgehead atoms. The minimum atomic E-state index is -0.361. The van der Waals surface area contributed by atoms with Gasteiger partial charge < -0.3 is 0 Å². The summed E-state index contributed by atoms with van der Waals surface area (Å²) in [6.45, 7) is 0. The van der Waals surface area contributed by atoms with E-state index in [-0.39, 0.29) is 5.54 Å². The predicted molar refractivity (Wildman–Crippen MR) is 29.5 cm³/mol. The second-order valence-electron chi connectivity index (χ2n) is 2.19. The molecule has 3 nitrogen and oxygen atoms in total. The first-order valence-electron chi connectivity index (χ1n) is 2.72. The zero-order valence-corrected chi connectivity index (χ0v) is 4.65. The van der Waals surface area contributed by atoms with Gasteiger partial charge in [-0.3, -0.25) is 5.84 Å². The molecule has 0 aliphatic heterocycles. The van der Waals surface area contributed by atoms with Crippen LogP contribution in [0.25, 0.3) is 0 Å². The van der Waals surface area contributed by atoms with Crippen molar-refractivity contribution in [2.45, 2.75) is 24.8 Å². The summed E-state index contributed by atoms with van der Waals surface area (Å²) in [5.41, 5.74) is 2.14. The molecule has 1 aliphatic rings. The van der Waals surface area contributed by atoms with E-state index in [4.69, 9.17) is 11.1 Å². The van der Waals surface area contributed by atoms with E-state index in [2.05, 4.69) is 11.5 Å². The van der Waals surface area contributed by atoms with Crippen molar-refractivity contribution >= 4 is 0 Å². The predicted octanol–water partition coefficient (Wildman–Crippen LogP) is -0.104. The van der Waals surface area contributed by atoms with Gasteiger partial charge in [-0.05, 0) is 19.3 Å². The number of nitrogens with one attached hydrogen (secondary N) is 1. The fourth-order valence-electron chi connectivity index (χ4n) is 0.819. The van der Waals surface area contributed by atoms with Crippen LogP contribution in [-0.4, -0.2) is 5.54 Å². The van der Waals surface area contributed by atoms with Crippen molar-refractivity contribution in [1.82, 2.24) is 5.43 Å². The van der Waals surface area contributed by atoms with Gasteiger partial charge in [0.1, 0.15) is 5.54 Å². The molecule has 8 heavy (non-hydrogen) atoms. The molecular weight excluding hydrogens is 102 g/mol. The van der Waals surface area contributed by atoms with E-state index < -0.39 is 0 Å². The Morgan fingerprint density at radius 2 is 2.25 bits per heavy atom. The number of rotatable bonds is 1. The molecule has 3 N–H and O–H groups in total. The molecule has 0 amide bonds. The fourth-order valence-corrected chi connectivity index (χ4v) is 0.819. The molecule has 1 saturated carbocycles. The number of nitrogens with two attached hydrogens (primary N) is 1. The summed E-state index contributed by atoms with van der Waals surface area (Å²) >= 11 is 0. The van der Waals surface area contributed by atoms with E-state index in [1.54, 1.807) is 0 Å². The lowest BCUT2D eigenvalue weighted by atomic mass is 9.79. The van der Waals surface area contributed by atoms with Crippen molar-refractivity contribution in [3.05, 3.63) is 0 Å². The van der Waals surface area contributed by atoms with E-state index in [0.29, 0.717) is 0 Å². The second kappa shape index (κ2) is 1.73. The van der Waals surface area contributed by atoms with Crippen LogP contribution in [0.1, 0.15) is 19.3 Å². The fraction of sp³-hybridized carbons (Fsp3) is 0.800. The Hall–Kier alpha value is -0.590. The lowest BCUT2D eigenvalue weighted by Gasteiger charge is -2.33. The number of hydrogen-bond acceptors (Lipinski definition) is 3. The molecule has 0 aromatic rings. The monoisotopic (exact) mass is 111 g/mol. The summed E-state index contributed by atoms with van der Waals surface area (Å²) in [7, 11) is 0. The van der Waals surface area contributed by atoms with Crippen LogP contribution in [-0.2, 0) is 0 Å². The van der Waals surface area contributed by atoms with Crippen LogP contribution >= 0.6 is 0 Å². The zero-order chi connectivity index (χ0) is 6.04. The Bertz CT molecular complexity index is 115. The SMILES string of the molecule is N#CC1(NN)CCC1. The molecule has 1 aliphatic carbocycles. The van der Waals surface area contributed by atoms with E-state index in [0.717, 1.165) is 19.3 Å². The van der Waals surface area contributed by atoms with E-state index in [1.165, 1.54) is 0 Å². The normalized spacial score (nSPS) is 23.5. The van der Waals surface area contributed by atoms with Crippen molar-refractivity contribution < 1.29 is 0 Å². The van der Waals surface area contributed by atoms with Crippen molar-refractivity contribution in [2.75, 3.05) is 0 Å². The van der Waals surface area contributed by atoms with Crippen molar-refractivity contribution in [1.29, 1.82) is 5.26 Å². The molecule has 0 unspecified atom stereocenters. The smallest absolute Gasteiger partial charge is 0.118 e. The van der Waals surface area contributed by atoms with Gasteiger partial charge in [-0.1, -0.05) is 0 Å². The van der Waals surface area contributed by atoms with Gasteiger partial charge in [0, 0.05) is 0 Å².